The van der Waals surface area contributed by atoms with E-state index in [1.54, 1.807) is 18.5 Å². The molecule has 0 unspecified atom stereocenters. The highest BCUT2D eigenvalue weighted by molar-refractivity contribution is 8.27. The average molecular weight is 484 g/mol. The molecule has 0 spiro atoms. The zero-order valence-corrected chi connectivity index (χ0v) is 19.0. The second-order valence-corrected chi connectivity index (χ2v) is 8.67. The maximum absolute atomic E-state index is 12.7. The molecule has 3 aliphatic heterocycles. The van der Waals surface area contributed by atoms with E-state index in [9.17, 15) is 4.79 Å². The maximum atomic E-state index is 12.7. The molecule has 0 saturated heterocycles. The first kappa shape index (κ1) is 21.1. The minimum absolute atomic E-state index is 0.0190. The molecule has 1 aromatic heterocycles. The van der Waals surface area contributed by atoms with Crippen LogP contribution in [0.3, 0.4) is 0 Å². The van der Waals surface area contributed by atoms with Gasteiger partial charge in [0.05, 0.1) is 5.57 Å². The Kier molecular flexibility index (Phi) is 5.27. The normalized spacial score (nSPS) is 17.4. The molecular weight excluding hydrogens is 466 g/mol. The summed E-state index contributed by atoms with van der Waals surface area (Å²) in [6.07, 6.45) is 4.99. The molecule has 2 aromatic carbocycles. The Morgan fingerprint density at radius 1 is 1.11 bits per heavy atom. The smallest absolute Gasteiger partial charge is 0.283 e. The SMILES string of the molecule is N=C1C(=Cc2ccc(OCc3ccc4c(c3)OCO4)cc2)C(=O)N=C2SC(c3cccnc3)=NN12. The molecule has 10 heteroatoms. The van der Waals surface area contributed by atoms with Crippen LogP contribution in [-0.4, -0.2) is 38.7 Å². The summed E-state index contributed by atoms with van der Waals surface area (Å²) in [6, 6.07) is 16.6. The van der Waals surface area contributed by atoms with Crippen molar-refractivity contribution in [1.29, 1.82) is 5.41 Å². The number of benzene rings is 2. The summed E-state index contributed by atoms with van der Waals surface area (Å²) < 4.78 is 16.6. The molecule has 3 aromatic rings. The number of nitrogens with zero attached hydrogens (tertiary/aromatic N) is 4. The summed E-state index contributed by atoms with van der Waals surface area (Å²) in [5.41, 5.74) is 2.68. The van der Waals surface area contributed by atoms with Gasteiger partial charge in [-0.25, -0.2) is 0 Å². The largest absolute Gasteiger partial charge is 0.489 e. The number of hydrogen-bond acceptors (Lipinski definition) is 8. The maximum Gasteiger partial charge on any atom is 0.283 e. The van der Waals surface area contributed by atoms with Gasteiger partial charge in [0, 0.05) is 18.0 Å². The van der Waals surface area contributed by atoms with Crippen molar-refractivity contribution in [1.82, 2.24) is 9.99 Å². The number of nitrogens with one attached hydrogen (secondary N) is 1. The van der Waals surface area contributed by atoms with Crippen molar-refractivity contribution < 1.29 is 19.0 Å². The van der Waals surface area contributed by atoms with E-state index in [2.05, 4.69) is 15.1 Å². The molecule has 35 heavy (non-hydrogen) atoms. The molecule has 1 N–H and O–H groups in total. The molecule has 0 bridgehead atoms. The van der Waals surface area contributed by atoms with E-state index in [1.807, 2.05) is 54.6 Å². The quantitative estimate of drug-likeness (QED) is 0.545. The van der Waals surface area contributed by atoms with Gasteiger partial charge in [0.15, 0.2) is 17.3 Å². The van der Waals surface area contributed by atoms with Crippen molar-refractivity contribution in [3.05, 3.63) is 89.3 Å². The van der Waals surface area contributed by atoms with Crippen LogP contribution in [0.2, 0.25) is 0 Å². The second kappa shape index (κ2) is 8.73. The molecule has 9 nitrogen and oxygen atoms in total. The Labute approximate surface area is 204 Å². The van der Waals surface area contributed by atoms with E-state index in [4.69, 9.17) is 19.6 Å². The minimum Gasteiger partial charge on any atom is -0.489 e. The lowest BCUT2D eigenvalue weighted by Crippen LogP contribution is -2.35. The van der Waals surface area contributed by atoms with Crippen molar-refractivity contribution in [3.8, 4) is 17.2 Å². The predicted octanol–water partition coefficient (Wildman–Crippen LogP) is 4.06. The fourth-order valence-electron chi connectivity index (χ4n) is 3.62. The number of carbonyl (C=O) groups is 1. The number of thioether (sulfide) groups is 1. The van der Waals surface area contributed by atoms with Gasteiger partial charge in [0.2, 0.25) is 12.0 Å². The molecule has 4 heterocycles. The number of amides is 1. The third-order valence-corrected chi connectivity index (χ3v) is 6.35. The monoisotopic (exact) mass is 483 g/mol. The number of amidine groups is 2. The Morgan fingerprint density at radius 2 is 1.97 bits per heavy atom. The van der Waals surface area contributed by atoms with Crippen molar-refractivity contribution in [2.24, 2.45) is 10.1 Å². The third kappa shape index (κ3) is 4.15. The second-order valence-electron chi connectivity index (χ2n) is 7.71. The Balaban J connectivity index is 1.16. The molecule has 172 valence electrons. The van der Waals surface area contributed by atoms with Crippen LogP contribution in [0.5, 0.6) is 17.2 Å². The van der Waals surface area contributed by atoms with Crippen LogP contribution >= 0.6 is 11.8 Å². The van der Waals surface area contributed by atoms with Crippen LogP contribution in [0.1, 0.15) is 16.7 Å². The first-order valence-electron chi connectivity index (χ1n) is 10.7. The highest BCUT2D eigenvalue weighted by Crippen LogP contribution is 2.33. The topological polar surface area (TPSA) is 109 Å². The van der Waals surface area contributed by atoms with E-state index < -0.39 is 5.91 Å². The van der Waals surface area contributed by atoms with E-state index in [0.717, 1.165) is 22.4 Å². The minimum atomic E-state index is -0.473. The Bertz CT molecular complexity index is 1430. The number of rotatable bonds is 5. The van der Waals surface area contributed by atoms with Gasteiger partial charge >= 0.3 is 0 Å². The predicted molar refractivity (Wildman–Crippen MR) is 132 cm³/mol. The average Bonchev–Trinajstić information content (AvgIpc) is 3.53. The molecule has 3 aliphatic rings. The summed E-state index contributed by atoms with van der Waals surface area (Å²) in [7, 11) is 0. The number of hydrogen-bond donors (Lipinski definition) is 1. The van der Waals surface area contributed by atoms with Gasteiger partial charge in [-0.05, 0) is 65.4 Å². The van der Waals surface area contributed by atoms with Gasteiger partial charge in [0.1, 0.15) is 17.4 Å². The number of fused-ring (bicyclic) bond motifs is 2. The van der Waals surface area contributed by atoms with Crippen LogP contribution in [-0.2, 0) is 11.4 Å². The van der Waals surface area contributed by atoms with Crippen molar-refractivity contribution in [2.45, 2.75) is 6.61 Å². The molecule has 0 fully saturated rings. The van der Waals surface area contributed by atoms with Crippen LogP contribution < -0.4 is 14.2 Å². The van der Waals surface area contributed by atoms with Crippen LogP contribution in [0, 0.1) is 5.41 Å². The summed E-state index contributed by atoms with van der Waals surface area (Å²) in [5, 5.41) is 15.4. The Hall–Kier alpha value is -4.44. The number of aliphatic imine (C=N–C) groups is 1. The first-order chi connectivity index (χ1) is 17.1. The summed E-state index contributed by atoms with van der Waals surface area (Å²) in [4.78, 5) is 20.9. The molecular formula is C25H17N5O4S. The lowest BCUT2D eigenvalue weighted by Gasteiger charge is -2.20. The molecule has 0 saturated carbocycles. The van der Waals surface area contributed by atoms with E-state index >= 15 is 0 Å². The first-order valence-corrected chi connectivity index (χ1v) is 11.5. The zero-order valence-electron chi connectivity index (χ0n) is 18.2. The molecule has 1 amide bonds. The van der Waals surface area contributed by atoms with Gasteiger partial charge < -0.3 is 14.2 Å². The fraction of sp³-hybridized carbons (Fsp3) is 0.0800. The molecule has 0 atom stereocenters. The molecule has 0 aliphatic carbocycles. The number of hydrazone groups is 1. The summed E-state index contributed by atoms with van der Waals surface area (Å²) >= 11 is 1.24. The standard InChI is InChI=1S/C25H17N5O4S/c26-22-19(23(31)28-25-30(22)29-24(35-25)17-2-1-9-27-12-17)10-15-3-6-18(7-4-15)32-13-16-5-8-20-21(11-16)34-14-33-20/h1-12,26H,13-14H2. The van der Waals surface area contributed by atoms with Crippen molar-refractivity contribution in [3.63, 3.8) is 0 Å². The number of aromatic nitrogens is 1. The van der Waals surface area contributed by atoms with Crippen LogP contribution in [0.25, 0.3) is 6.08 Å². The summed E-state index contributed by atoms with van der Waals surface area (Å²) in [5.74, 6) is 1.63. The third-order valence-electron chi connectivity index (χ3n) is 5.40. The van der Waals surface area contributed by atoms with Gasteiger partial charge in [-0.2, -0.15) is 15.1 Å². The lowest BCUT2D eigenvalue weighted by molar-refractivity contribution is -0.114. The fourth-order valence-corrected chi connectivity index (χ4v) is 4.50. The lowest BCUT2D eigenvalue weighted by atomic mass is 10.1. The highest BCUT2D eigenvalue weighted by Gasteiger charge is 2.36. The van der Waals surface area contributed by atoms with Gasteiger partial charge in [-0.1, -0.05) is 18.2 Å². The van der Waals surface area contributed by atoms with Gasteiger partial charge in [-0.3, -0.25) is 15.2 Å². The van der Waals surface area contributed by atoms with E-state index in [1.165, 1.54) is 16.8 Å². The highest BCUT2D eigenvalue weighted by atomic mass is 32.2. The van der Waals surface area contributed by atoms with Crippen LogP contribution in [0.15, 0.2) is 82.7 Å². The zero-order chi connectivity index (χ0) is 23.8. The Morgan fingerprint density at radius 3 is 2.80 bits per heavy atom. The van der Waals surface area contributed by atoms with Gasteiger partial charge in [0.25, 0.3) is 5.91 Å². The summed E-state index contributed by atoms with van der Waals surface area (Å²) in [6.45, 7) is 0.611. The number of ether oxygens (including phenoxy) is 3. The van der Waals surface area contributed by atoms with Crippen molar-refractivity contribution in [2.75, 3.05) is 6.79 Å². The molecule has 0 radical (unpaired) electrons. The number of carbonyl (C=O) groups excluding carboxylic acids is 1. The molecule has 6 rings (SSSR count). The van der Waals surface area contributed by atoms with E-state index in [0.29, 0.717) is 28.3 Å². The van der Waals surface area contributed by atoms with Crippen molar-refractivity contribution >= 4 is 39.8 Å². The van der Waals surface area contributed by atoms with E-state index in [-0.39, 0.29) is 18.2 Å². The van der Waals surface area contributed by atoms with Crippen LogP contribution in [0.4, 0.5) is 0 Å². The van der Waals surface area contributed by atoms with Gasteiger partial charge in [-0.15, -0.1) is 0 Å². The number of pyridine rings is 1.